The van der Waals surface area contributed by atoms with Gasteiger partial charge in [-0.3, -0.25) is 0 Å². The third kappa shape index (κ3) is 3.15. The second-order valence-corrected chi connectivity index (χ2v) is 5.88. The Morgan fingerprint density at radius 1 is 1.15 bits per heavy atom. The Hall–Kier alpha value is -1.48. The smallest absolute Gasteiger partial charge is 0.0877 e. The van der Waals surface area contributed by atoms with Crippen molar-refractivity contribution in [2.24, 2.45) is 0 Å². The lowest BCUT2D eigenvalue weighted by atomic mass is 10.1. The summed E-state index contributed by atoms with van der Waals surface area (Å²) < 4.78 is 1.88. The van der Waals surface area contributed by atoms with Crippen molar-refractivity contribution in [3.8, 4) is 5.69 Å². The first-order valence-electron chi connectivity index (χ1n) is 7.39. The van der Waals surface area contributed by atoms with Gasteiger partial charge in [-0.2, -0.15) is 5.10 Å². The molecule has 2 aromatic rings. The number of halogens is 1. The molecule has 0 saturated heterocycles. The quantitative estimate of drug-likeness (QED) is 0.833. The van der Waals surface area contributed by atoms with Crippen molar-refractivity contribution in [2.75, 3.05) is 5.32 Å². The minimum absolute atomic E-state index is 0.547. The average molecular weight is 290 g/mol. The maximum absolute atomic E-state index is 6.16. The molecular formula is C16H20ClN3. The summed E-state index contributed by atoms with van der Waals surface area (Å²) in [6.45, 7) is 0. The zero-order valence-electron chi connectivity index (χ0n) is 11.6. The maximum Gasteiger partial charge on any atom is 0.0877 e. The monoisotopic (exact) mass is 289 g/mol. The zero-order chi connectivity index (χ0) is 13.8. The lowest BCUT2D eigenvalue weighted by Crippen LogP contribution is -2.19. The summed E-state index contributed by atoms with van der Waals surface area (Å²) >= 11 is 6.16. The van der Waals surface area contributed by atoms with Gasteiger partial charge < -0.3 is 5.32 Å². The van der Waals surface area contributed by atoms with Crippen LogP contribution < -0.4 is 5.32 Å². The Kier molecular flexibility index (Phi) is 4.26. The van der Waals surface area contributed by atoms with Gasteiger partial charge >= 0.3 is 0 Å². The molecule has 1 aliphatic carbocycles. The van der Waals surface area contributed by atoms with Crippen LogP contribution in [0.25, 0.3) is 5.69 Å². The van der Waals surface area contributed by atoms with E-state index in [1.165, 1.54) is 38.5 Å². The molecule has 4 heteroatoms. The fourth-order valence-electron chi connectivity index (χ4n) is 2.88. The van der Waals surface area contributed by atoms with Crippen molar-refractivity contribution in [3.05, 3.63) is 41.7 Å². The molecule has 1 aromatic carbocycles. The minimum Gasteiger partial charge on any atom is -0.381 e. The Morgan fingerprint density at radius 2 is 1.95 bits per heavy atom. The van der Waals surface area contributed by atoms with E-state index in [-0.39, 0.29) is 0 Å². The molecule has 1 heterocycles. The third-order valence-corrected chi connectivity index (χ3v) is 4.16. The van der Waals surface area contributed by atoms with Crippen LogP contribution in [0.2, 0.25) is 5.02 Å². The summed E-state index contributed by atoms with van der Waals surface area (Å²) in [5.41, 5.74) is 2.14. The maximum atomic E-state index is 6.16. The highest BCUT2D eigenvalue weighted by atomic mass is 35.5. The highest BCUT2D eigenvalue weighted by Crippen LogP contribution is 2.27. The number of anilines is 1. The van der Waals surface area contributed by atoms with Crippen molar-refractivity contribution in [1.29, 1.82) is 0 Å². The summed E-state index contributed by atoms with van der Waals surface area (Å²) in [6.07, 6.45) is 11.6. The summed E-state index contributed by atoms with van der Waals surface area (Å²) in [4.78, 5) is 0. The fraction of sp³-hybridized carbons (Fsp3) is 0.438. The van der Waals surface area contributed by atoms with Crippen LogP contribution in [-0.4, -0.2) is 15.8 Å². The van der Waals surface area contributed by atoms with E-state index in [9.17, 15) is 0 Å². The molecule has 0 unspecified atom stereocenters. The highest BCUT2D eigenvalue weighted by molar-refractivity contribution is 6.31. The molecule has 1 N–H and O–H groups in total. The second kappa shape index (κ2) is 6.31. The summed E-state index contributed by atoms with van der Waals surface area (Å²) in [5.74, 6) is 0. The second-order valence-electron chi connectivity index (χ2n) is 5.44. The van der Waals surface area contributed by atoms with Gasteiger partial charge in [-0.1, -0.05) is 37.3 Å². The number of nitrogens with zero attached hydrogens (tertiary/aromatic N) is 2. The first-order valence-corrected chi connectivity index (χ1v) is 7.77. The minimum atomic E-state index is 0.547. The van der Waals surface area contributed by atoms with Crippen LogP contribution in [0.1, 0.15) is 38.5 Å². The van der Waals surface area contributed by atoms with Crippen molar-refractivity contribution in [1.82, 2.24) is 9.78 Å². The SMILES string of the molecule is Clc1ccc(-n2cccn2)c(NC2CCCCCC2)c1. The van der Waals surface area contributed by atoms with Gasteiger partial charge in [0.05, 0.1) is 11.4 Å². The number of aromatic nitrogens is 2. The van der Waals surface area contributed by atoms with E-state index in [0.29, 0.717) is 6.04 Å². The number of nitrogens with one attached hydrogen (secondary N) is 1. The molecule has 0 aliphatic heterocycles. The Morgan fingerprint density at radius 3 is 2.65 bits per heavy atom. The fourth-order valence-corrected chi connectivity index (χ4v) is 3.05. The van der Waals surface area contributed by atoms with Crippen molar-refractivity contribution >= 4 is 17.3 Å². The Labute approximate surface area is 124 Å². The molecular weight excluding hydrogens is 270 g/mol. The topological polar surface area (TPSA) is 29.9 Å². The standard InChI is InChI=1S/C16H20ClN3/c17-13-8-9-16(20-11-5-10-18-20)15(12-13)19-14-6-3-1-2-4-7-14/h5,8-12,14,19H,1-4,6-7H2. The van der Waals surface area contributed by atoms with Crippen LogP contribution in [0, 0.1) is 0 Å². The van der Waals surface area contributed by atoms with Gasteiger partial charge in [-0.05, 0) is 37.1 Å². The molecule has 20 heavy (non-hydrogen) atoms. The molecule has 1 aromatic heterocycles. The lowest BCUT2D eigenvalue weighted by molar-refractivity contribution is 0.619. The van der Waals surface area contributed by atoms with Gasteiger partial charge in [0, 0.05) is 23.5 Å². The van der Waals surface area contributed by atoms with Gasteiger partial charge in [0.1, 0.15) is 0 Å². The molecule has 0 radical (unpaired) electrons. The van der Waals surface area contributed by atoms with E-state index in [2.05, 4.69) is 10.4 Å². The number of hydrogen-bond donors (Lipinski definition) is 1. The van der Waals surface area contributed by atoms with E-state index >= 15 is 0 Å². The molecule has 1 aliphatic rings. The van der Waals surface area contributed by atoms with Crippen LogP contribution in [-0.2, 0) is 0 Å². The summed E-state index contributed by atoms with van der Waals surface area (Å²) in [7, 11) is 0. The van der Waals surface area contributed by atoms with Gasteiger partial charge in [0.25, 0.3) is 0 Å². The van der Waals surface area contributed by atoms with Crippen molar-refractivity contribution in [3.63, 3.8) is 0 Å². The van der Waals surface area contributed by atoms with Crippen molar-refractivity contribution < 1.29 is 0 Å². The average Bonchev–Trinajstić information content (AvgIpc) is 2.85. The normalized spacial score (nSPS) is 16.9. The molecule has 106 valence electrons. The lowest BCUT2D eigenvalue weighted by Gasteiger charge is -2.20. The van der Waals surface area contributed by atoms with Gasteiger partial charge in [-0.25, -0.2) is 4.68 Å². The largest absolute Gasteiger partial charge is 0.381 e. The molecule has 1 fully saturated rings. The Balaban J connectivity index is 1.85. The van der Waals surface area contributed by atoms with Crippen LogP contribution in [0.15, 0.2) is 36.7 Å². The van der Waals surface area contributed by atoms with Gasteiger partial charge in [0.2, 0.25) is 0 Å². The third-order valence-electron chi connectivity index (χ3n) is 3.92. The van der Waals surface area contributed by atoms with Crippen LogP contribution >= 0.6 is 11.6 Å². The number of benzene rings is 1. The molecule has 0 bridgehead atoms. The first kappa shape index (κ1) is 13.5. The molecule has 3 rings (SSSR count). The number of hydrogen-bond acceptors (Lipinski definition) is 2. The molecule has 1 saturated carbocycles. The first-order chi connectivity index (χ1) is 9.83. The molecule has 0 atom stereocenters. The summed E-state index contributed by atoms with van der Waals surface area (Å²) in [6, 6.07) is 8.42. The van der Waals surface area contributed by atoms with E-state index in [1.54, 1.807) is 6.20 Å². The highest BCUT2D eigenvalue weighted by Gasteiger charge is 2.14. The molecule has 0 amide bonds. The van der Waals surface area contributed by atoms with Crippen molar-refractivity contribution in [2.45, 2.75) is 44.6 Å². The van der Waals surface area contributed by atoms with Crippen LogP contribution in [0.3, 0.4) is 0 Å². The number of rotatable bonds is 3. The van der Waals surface area contributed by atoms with E-state index in [4.69, 9.17) is 11.6 Å². The predicted molar refractivity (Wildman–Crippen MR) is 83.7 cm³/mol. The van der Waals surface area contributed by atoms with Crippen LogP contribution in [0.5, 0.6) is 0 Å². The zero-order valence-corrected chi connectivity index (χ0v) is 12.3. The van der Waals surface area contributed by atoms with Gasteiger partial charge in [0.15, 0.2) is 0 Å². The van der Waals surface area contributed by atoms with E-state index < -0.39 is 0 Å². The van der Waals surface area contributed by atoms with E-state index in [0.717, 1.165) is 16.4 Å². The summed E-state index contributed by atoms with van der Waals surface area (Å²) in [5, 5.41) is 8.76. The van der Waals surface area contributed by atoms with E-state index in [1.807, 2.05) is 35.1 Å². The van der Waals surface area contributed by atoms with Crippen LogP contribution in [0.4, 0.5) is 5.69 Å². The predicted octanol–water partition coefficient (Wildman–Crippen LogP) is 4.66. The molecule has 0 spiro atoms. The Bertz CT molecular complexity index is 543. The molecule has 3 nitrogen and oxygen atoms in total. The van der Waals surface area contributed by atoms with Gasteiger partial charge in [-0.15, -0.1) is 0 Å².